The summed E-state index contributed by atoms with van der Waals surface area (Å²) in [4.78, 5) is 10.3. The van der Waals surface area contributed by atoms with Crippen LogP contribution in [0.2, 0.25) is 0 Å². The topological polar surface area (TPSA) is 35.6 Å². The molecule has 51 heavy (non-hydrogen) atoms. The number of hydrogen-bond acceptors (Lipinski definition) is 3. The molecule has 0 unspecified atom stereocenters. The van der Waals surface area contributed by atoms with Gasteiger partial charge in [0.2, 0.25) is 0 Å². The van der Waals surface area contributed by atoms with Crippen LogP contribution in [0.3, 0.4) is 0 Å². The van der Waals surface area contributed by atoms with Crippen LogP contribution in [0.4, 0.5) is 0 Å². The van der Waals surface area contributed by atoms with Crippen molar-refractivity contribution in [3.8, 4) is 34.2 Å². The van der Waals surface area contributed by atoms with Crippen molar-refractivity contribution in [3.63, 3.8) is 0 Å². The fraction of sp³-hybridized carbons (Fsp3) is 0. The molecule has 0 N–H and O–H groups in total. The van der Waals surface area contributed by atoms with Gasteiger partial charge in [0.25, 0.3) is 0 Å². The van der Waals surface area contributed by atoms with E-state index in [4.69, 9.17) is 9.97 Å². The molecule has 238 valence electrons. The highest BCUT2D eigenvalue weighted by Gasteiger charge is 2.22. The molecule has 4 aromatic heterocycles. The summed E-state index contributed by atoms with van der Waals surface area (Å²) in [6.45, 7) is 0. The van der Waals surface area contributed by atoms with E-state index in [2.05, 4.69) is 155 Å². The Balaban J connectivity index is 1.23. The lowest BCUT2D eigenvalue weighted by Crippen LogP contribution is -2.02. The molecule has 0 aliphatic rings. The first-order valence-corrected chi connectivity index (χ1v) is 18.0. The Bertz CT molecular complexity index is 3080. The van der Waals surface area contributed by atoms with Gasteiger partial charge in [0, 0.05) is 64.6 Å². The van der Waals surface area contributed by atoms with Gasteiger partial charge in [-0.25, -0.2) is 9.97 Å². The molecule has 0 saturated heterocycles. The van der Waals surface area contributed by atoms with E-state index in [0.29, 0.717) is 5.82 Å². The van der Waals surface area contributed by atoms with E-state index in [0.717, 1.165) is 39.4 Å². The first kappa shape index (κ1) is 28.3. The van der Waals surface area contributed by atoms with Crippen molar-refractivity contribution in [1.29, 1.82) is 0 Å². The second-order valence-electron chi connectivity index (χ2n) is 13.0. The molecular weight excluding hydrogens is 641 g/mol. The van der Waals surface area contributed by atoms with Gasteiger partial charge in [0.15, 0.2) is 5.82 Å². The van der Waals surface area contributed by atoms with Gasteiger partial charge in [-0.3, -0.25) is 4.57 Å². The molecule has 0 aliphatic carbocycles. The smallest absolute Gasteiger partial charge is 0.162 e. The molecule has 0 bridgehead atoms. The van der Waals surface area contributed by atoms with E-state index in [-0.39, 0.29) is 0 Å². The van der Waals surface area contributed by atoms with E-state index in [1.54, 1.807) is 0 Å². The molecule has 0 fully saturated rings. The number of rotatable bonds is 4. The lowest BCUT2D eigenvalue weighted by atomic mass is 10.1. The van der Waals surface area contributed by atoms with Crippen LogP contribution in [0.1, 0.15) is 0 Å². The number of aromatic nitrogens is 4. The molecule has 0 amide bonds. The third-order valence-electron chi connectivity index (χ3n) is 10.1. The zero-order valence-electron chi connectivity index (χ0n) is 27.4. The average Bonchev–Trinajstić information content (AvgIpc) is 3.85. The van der Waals surface area contributed by atoms with E-state index >= 15 is 0 Å². The summed E-state index contributed by atoms with van der Waals surface area (Å²) < 4.78 is 7.38. The van der Waals surface area contributed by atoms with Gasteiger partial charge in [-0.05, 0) is 48.5 Å². The molecule has 0 spiro atoms. The molecule has 11 aromatic rings. The van der Waals surface area contributed by atoms with Crippen LogP contribution in [-0.4, -0.2) is 19.1 Å². The monoisotopic (exact) mass is 668 g/mol. The minimum Gasteiger partial charge on any atom is -0.309 e. The molecule has 5 heteroatoms. The van der Waals surface area contributed by atoms with Crippen LogP contribution >= 0.6 is 11.3 Å². The van der Waals surface area contributed by atoms with Gasteiger partial charge in [0.1, 0.15) is 5.82 Å². The van der Waals surface area contributed by atoms with Crippen molar-refractivity contribution in [1.82, 2.24) is 19.1 Å². The molecule has 7 aromatic carbocycles. The zero-order chi connectivity index (χ0) is 33.5. The van der Waals surface area contributed by atoms with Gasteiger partial charge in [-0.15, -0.1) is 11.3 Å². The molecule has 0 aliphatic heterocycles. The number of nitrogens with zero attached hydrogens (tertiary/aromatic N) is 4. The standard InChI is InChI=1S/C46H28N4S/c1-3-13-29(14-4-1)36-28-43(48-46(47-36)30-15-5-2-6-16-30)50-38-21-11-8-19-34(38)45-40(50)25-24-39-44(45)33-18-7-10-20-37(33)49(39)31-23-26-42-35(27-31)32-17-9-12-22-41(32)51-42/h1-28H. The minimum absolute atomic E-state index is 0.701. The van der Waals surface area contributed by atoms with E-state index in [1.807, 2.05) is 35.6 Å². The van der Waals surface area contributed by atoms with Crippen LogP contribution in [0, 0.1) is 0 Å². The number of hydrogen-bond donors (Lipinski definition) is 0. The van der Waals surface area contributed by atoms with Gasteiger partial charge < -0.3 is 4.57 Å². The summed E-state index contributed by atoms with van der Waals surface area (Å²) in [5.74, 6) is 1.54. The zero-order valence-corrected chi connectivity index (χ0v) is 28.2. The van der Waals surface area contributed by atoms with Gasteiger partial charge in [-0.1, -0.05) is 115 Å². The Morgan fingerprint density at radius 1 is 0.392 bits per heavy atom. The molecule has 0 atom stereocenters. The lowest BCUT2D eigenvalue weighted by Gasteiger charge is -2.12. The maximum absolute atomic E-state index is 5.26. The molecule has 4 nitrogen and oxygen atoms in total. The van der Waals surface area contributed by atoms with Crippen molar-refractivity contribution in [2.45, 2.75) is 0 Å². The number of thiophene rings is 1. The summed E-state index contributed by atoms with van der Waals surface area (Å²) in [5, 5.41) is 7.50. The van der Waals surface area contributed by atoms with Crippen molar-refractivity contribution in [3.05, 3.63) is 170 Å². The Kier molecular flexibility index (Phi) is 6.09. The fourth-order valence-corrected chi connectivity index (χ4v) is 9.00. The first-order valence-electron chi connectivity index (χ1n) is 17.2. The number of benzene rings is 7. The van der Waals surface area contributed by atoms with Gasteiger partial charge in [0.05, 0.1) is 27.8 Å². The third-order valence-corrected chi connectivity index (χ3v) is 11.3. The Labute approximate surface area is 297 Å². The van der Waals surface area contributed by atoms with Gasteiger partial charge in [-0.2, -0.15) is 0 Å². The quantitative estimate of drug-likeness (QED) is 0.187. The van der Waals surface area contributed by atoms with Crippen LogP contribution in [0.25, 0.3) is 97.9 Å². The van der Waals surface area contributed by atoms with Crippen molar-refractivity contribution < 1.29 is 0 Å². The predicted octanol–water partition coefficient (Wildman–Crippen LogP) is 12.4. The normalized spacial score (nSPS) is 11.9. The second-order valence-corrected chi connectivity index (χ2v) is 14.1. The second kappa shape index (κ2) is 11.0. The van der Waals surface area contributed by atoms with Crippen molar-refractivity contribution in [2.24, 2.45) is 0 Å². The van der Waals surface area contributed by atoms with E-state index in [1.165, 1.54) is 52.8 Å². The maximum Gasteiger partial charge on any atom is 0.162 e. The summed E-state index contributed by atoms with van der Waals surface area (Å²) in [6, 6.07) is 60.5. The number of para-hydroxylation sites is 2. The van der Waals surface area contributed by atoms with E-state index in [9.17, 15) is 0 Å². The van der Waals surface area contributed by atoms with Crippen LogP contribution < -0.4 is 0 Å². The van der Waals surface area contributed by atoms with E-state index < -0.39 is 0 Å². The van der Waals surface area contributed by atoms with Crippen molar-refractivity contribution in [2.75, 3.05) is 0 Å². The largest absolute Gasteiger partial charge is 0.309 e. The van der Waals surface area contributed by atoms with Crippen LogP contribution in [0.15, 0.2) is 170 Å². The minimum atomic E-state index is 0.701. The Morgan fingerprint density at radius 3 is 1.69 bits per heavy atom. The Morgan fingerprint density at radius 2 is 0.961 bits per heavy atom. The molecule has 4 heterocycles. The molecular formula is C46H28N4S. The molecule has 0 radical (unpaired) electrons. The van der Waals surface area contributed by atoms with Crippen LogP contribution in [-0.2, 0) is 0 Å². The summed E-state index contributed by atoms with van der Waals surface area (Å²) in [6.07, 6.45) is 0. The molecule has 11 rings (SSSR count). The summed E-state index contributed by atoms with van der Waals surface area (Å²) in [5.41, 5.74) is 8.69. The fourth-order valence-electron chi connectivity index (χ4n) is 7.92. The maximum atomic E-state index is 5.26. The first-order chi connectivity index (χ1) is 25.3. The third kappa shape index (κ3) is 4.25. The lowest BCUT2D eigenvalue weighted by molar-refractivity contribution is 1.05. The average molecular weight is 669 g/mol. The van der Waals surface area contributed by atoms with Crippen LogP contribution in [0.5, 0.6) is 0 Å². The molecule has 0 saturated carbocycles. The predicted molar refractivity (Wildman–Crippen MR) is 214 cm³/mol. The SMILES string of the molecule is c1ccc(-c2cc(-n3c4ccccc4c4c5c6ccccc6n(-c6ccc7sc8ccccc8c7c6)c5ccc43)nc(-c3ccccc3)n2)cc1. The van der Waals surface area contributed by atoms with Crippen molar-refractivity contribution >= 4 is 75.1 Å². The highest BCUT2D eigenvalue weighted by Crippen LogP contribution is 2.43. The highest BCUT2D eigenvalue weighted by atomic mass is 32.1. The highest BCUT2D eigenvalue weighted by molar-refractivity contribution is 7.25. The van der Waals surface area contributed by atoms with Gasteiger partial charge >= 0.3 is 0 Å². The number of fused-ring (bicyclic) bond motifs is 10. The summed E-state index contributed by atoms with van der Waals surface area (Å²) in [7, 11) is 0. The summed E-state index contributed by atoms with van der Waals surface area (Å²) >= 11 is 1.86. The Hall–Kier alpha value is -6.56.